The first-order valence-corrected chi connectivity index (χ1v) is 6.70. The molecule has 2 aromatic rings. The van der Waals surface area contributed by atoms with Crippen molar-refractivity contribution in [2.45, 2.75) is 20.1 Å². The van der Waals surface area contributed by atoms with E-state index in [0.29, 0.717) is 11.6 Å². The zero-order valence-corrected chi connectivity index (χ0v) is 11.7. The summed E-state index contributed by atoms with van der Waals surface area (Å²) in [5.41, 5.74) is 1.95. The Morgan fingerprint density at radius 3 is 2.84 bits per heavy atom. The number of ether oxygens (including phenoxy) is 1. The molecule has 0 saturated heterocycles. The van der Waals surface area contributed by atoms with Crippen LogP contribution in [0.5, 0.6) is 5.75 Å². The van der Waals surface area contributed by atoms with Crippen molar-refractivity contribution in [1.29, 1.82) is 0 Å². The molecule has 1 N–H and O–H groups in total. The Morgan fingerprint density at radius 2 is 2.11 bits per heavy atom. The second-order valence-corrected chi connectivity index (χ2v) is 4.53. The summed E-state index contributed by atoms with van der Waals surface area (Å²) in [5.74, 6) is 0.732. The molecule has 0 saturated carbocycles. The second-order valence-electron chi connectivity index (χ2n) is 4.12. The molecule has 0 bridgehead atoms. The van der Waals surface area contributed by atoms with Gasteiger partial charge in [0.15, 0.2) is 0 Å². The molecule has 0 aliphatic rings. The molecule has 2 rings (SSSR count). The Hall–Kier alpha value is -1.58. The molecular weight excluding hydrogens is 260 g/mol. The standard InChI is InChI=1S/C15H17ClN2O/c1-2-17-10-12-6-5-8-14(16)15(12)19-11-13-7-3-4-9-18-13/h3-9,17H,2,10-11H2,1H3. The van der Waals surface area contributed by atoms with Crippen molar-refractivity contribution < 1.29 is 4.74 Å². The van der Waals surface area contributed by atoms with Gasteiger partial charge in [0, 0.05) is 18.3 Å². The van der Waals surface area contributed by atoms with Gasteiger partial charge < -0.3 is 10.1 Å². The third kappa shape index (κ3) is 3.94. The molecule has 0 spiro atoms. The summed E-state index contributed by atoms with van der Waals surface area (Å²) < 4.78 is 5.82. The van der Waals surface area contributed by atoms with E-state index >= 15 is 0 Å². The number of hydrogen-bond donors (Lipinski definition) is 1. The summed E-state index contributed by atoms with van der Waals surface area (Å²) in [7, 11) is 0. The van der Waals surface area contributed by atoms with E-state index in [1.54, 1.807) is 6.20 Å². The van der Waals surface area contributed by atoms with E-state index in [2.05, 4.69) is 17.2 Å². The average molecular weight is 277 g/mol. The topological polar surface area (TPSA) is 34.1 Å². The molecule has 0 amide bonds. The number of rotatable bonds is 6. The highest BCUT2D eigenvalue weighted by atomic mass is 35.5. The fourth-order valence-electron chi connectivity index (χ4n) is 1.74. The summed E-state index contributed by atoms with van der Waals surface area (Å²) in [4.78, 5) is 4.23. The number of nitrogens with zero attached hydrogens (tertiary/aromatic N) is 1. The Kier molecular flexibility index (Phi) is 5.19. The summed E-state index contributed by atoms with van der Waals surface area (Å²) in [5, 5.41) is 3.91. The smallest absolute Gasteiger partial charge is 0.142 e. The van der Waals surface area contributed by atoms with Gasteiger partial charge in [-0.15, -0.1) is 0 Å². The maximum atomic E-state index is 6.20. The lowest BCUT2D eigenvalue weighted by Crippen LogP contribution is -2.13. The van der Waals surface area contributed by atoms with E-state index in [-0.39, 0.29) is 0 Å². The molecule has 0 atom stereocenters. The zero-order chi connectivity index (χ0) is 13.5. The van der Waals surface area contributed by atoms with E-state index < -0.39 is 0 Å². The van der Waals surface area contributed by atoms with E-state index in [1.165, 1.54) is 0 Å². The number of halogens is 1. The minimum absolute atomic E-state index is 0.420. The van der Waals surface area contributed by atoms with Crippen molar-refractivity contribution in [2.75, 3.05) is 6.54 Å². The van der Waals surface area contributed by atoms with Gasteiger partial charge in [-0.1, -0.05) is 36.7 Å². The molecule has 0 fully saturated rings. The highest BCUT2D eigenvalue weighted by molar-refractivity contribution is 6.32. The minimum Gasteiger partial charge on any atom is -0.485 e. The minimum atomic E-state index is 0.420. The molecule has 0 radical (unpaired) electrons. The quantitative estimate of drug-likeness (QED) is 0.878. The normalized spacial score (nSPS) is 10.4. The van der Waals surface area contributed by atoms with Crippen LogP contribution in [0, 0.1) is 0 Å². The largest absolute Gasteiger partial charge is 0.485 e. The van der Waals surface area contributed by atoms with Crippen LogP contribution in [-0.2, 0) is 13.2 Å². The fraction of sp³-hybridized carbons (Fsp3) is 0.267. The molecule has 100 valence electrons. The molecule has 19 heavy (non-hydrogen) atoms. The van der Waals surface area contributed by atoms with Gasteiger partial charge in [-0.25, -0.2) is 0 Å². The predicted octanol–water partition coefficient (Wildman–Crippen LogP) is 3.42. The first-order chi connectivity index (χ1) is 9.31. The van der Waals surface area contributed by atoms with Gasteiger partial charge in [0.05, 0.1) is 10.7 Å². The summed E-state index contributed by atoms with van der Waals surface area (Å²) >= 11 is 6.20. The lowest BCUT2D eigenvalue weighted by atomic mass is 10.2. The van der Waals surface area contributed by atoms with Crippen molar-refractivity contribution in [3.63, 3.8) is 0 Å². The molecule has 3 nitrogen and oxygen atoms in total. The summed E-state index contributed by atoms with van der Waals surface area (Å²) in [6.45, 7) is 4.14. The van der Waals surface area contributed by atoms with Crippen molar-refractivity contribution >= 4 is 11.6 Å². The number of nitrogens with one attached hydrogen (secondary N) is 1. The third-order valence-corrected chi connectivity index (χ3v) is 3.00. The van der Waals surface area contributed by atoms with Crippen molar-refractivity contribution in [3.8, 4) is 5.75 Å². The molecule has 1 aromatic carbocycles. The van der Waals surface area contributed by atoms with Crippen LogP contribution in [0.1, 0.15) is 18.2 Å². The molecule has 1 aromatic heterocycles. The Labute approximate surface area is 118 Å². The first-order valence-electron chi connectivity index (χ1n) is 6.32. The van der Waals surface area contributed by atoms with Crippen molar-refractivity contribution in [3.05, 3.63) is 58.9 Å². The maximum Gasteiger partial charge on any atom is 0.142 e. The van der Waals surface area contributed by atoms with Gasteiger partial charge in [-0.05, 0) is 24.7 Å². The zero-order valence-electron chi connectivity index (χ0n) is 10.9. The molecular formula is C15H17ClN2O. The van der Waals surface area contributed by atoms with Gasteiger partial charge in [0.1, 0.15) is 12.4 Å². The Bertz CT molecular complexity index is 517. The van der Waals surface area contributed by atoms with Crippen LogP contribution >= 0.6 is 11.6 Å². The number of aromatic nitrogens is 1. The first kappa shape index (κ1) is 13.8. The SMILES string of the molecule is CCNCc1cccc(Cl)c1OCc1ccccn1. The van der Waals surface area contributed by atoms with Crippen LogP contribution in [0.3, 0.4) is 0 Å². The maximum absolute atomic E-state index is 6.20. The lowest BCUT2D eigenvalue weighted by molar-refractivity contribution is 0.297. The van der Waals surface area contributed by atoms with Crippen molar-refractivity contribution in [1.82, 2.24) is 10.3 Å². The number of pyridine rings is 1. The molecule has 4 heteroatoms. The third-order valence-electron chi connectivity index (χ3n) is 2.70. The van der Waals surface area contributed by atoms with Crippen LogP contribution in [0.2, 0.25) is 5.02 Å². The van der Waals surface area contributed by atoms with Gasteiger partial charge in [-0.2, -0.15) is 0 Å². The number of benzene rings is 1. The summed E-state index contributed by atoms with van der Waals surface area (Å²) in [6.07, 6.45) is 1.75. The number of hydrogen-bond acceptors (Lipinski definition) is 3. The van der Waals surface area contributed by atoms with Gasteiger partial charge >= 0.3 is 0 Å². The Morgan fingerprint density at radius 1 is 1.21 bits per heavy atom. The average Bonchev–Trinajstić information content (AvgIpc) is 2.45. The van der Waals surface area contributed by atoms with E-state index in [4.69, 9.17) is 16.3 Å². The fourth-order valence-corrected chi connectivity index (χ4v) is 1.99. The molecule has 1 heterocycles. The monoisotopic (exact) mass is 276 g/mol. The molecule has 0 aliphatic heterocycles. The predicted molar refractivity (Wildman–Crippen MR) is 77.4 cm³/mol. The highest BCUT2D eigenvalue weighted by Crippen LogP contribution is 2.29. The van der Waals surface area contributed by atoms with Crippen LogP contribution < -0.4 is 10.1 Å². The Balaban J connectivity index is 2.10. The summed E-state index contributed by atoms with van der Waals surface area (Å²) in [6, 6.07) is 11.5. The van der Waals surface area contributed by atoms with Crippen LogP contribution in [0.15, 0.2) is 42.6 Å². The second kappa shape index (κ2) is 7.12. The highest BCUT2D eigenvalue weighted by Gasteiger charge is 2.08. The van der Waals surface area contributed by atoms with Gasteiger partial charge in [-0.3, -0.25) is 4.98 Å². The van der Waals surface area contributed by atoms with E-state index in [1.807, 2.05) is 36.4 Å². The van der Waals surface area contributed by atoms with E-state index in [9.17, 15) is 0 Å². The van der Waals surface area contributed by atoms with Crippen molar-refractivity contribution in [2.24, 2.45) is 0 Å². The molecule has 0 aliphatic carbocycles. The van der Waals surface area contributed by atoms with Crippen LogP contribution in [-0.4, -0.2) is 11.5 Å². The van der Waals surface area contributed by atoms with E-state index in [0.717, 1.165) is 30.1 Å². The van der Waals surface area contributed by atoms with Crippen LogP contribution in [0.4, 0.5) is 0 Å². The molecule has 0 unspecified atom stereocenters. The lowest BCUT2D eigenvalue weighted by Gasteiger charge is -2.13. The number of para-hydroxylation sites is 1. The van der Waals surface area contributed by atoms with Gasteiger partial charge in [0.25, 0.3) is 0 Å². The van der Waals surface area contributed by atoms with Gasteiger partial charge in [0.2, 0.25) is 0 Å². The van der Waals surface area contributed by atoms with Crippen LogP contribution in [0.25, 0.3) is 0 Å².